The van der Waals surface area contributed by atoms with Gasteiger partial charge in [-0.3, -0.25) is 4.79 Å². The molecule has 0 aliphatic carbocycles. The van der Waals surface area contributed by atoms with Gasteiger partial charge in [-0.15, -0.1) is 0 Å². The Balaban J connectivity index is 2.02. The minimum Gasteiger partial charge on any atom is -0.366 e. The predicted octanol–water partition coefficient (Wildman–Crippen LogP) is 3.24. The van der Waals surface area contributed by atoms with Crippen LogP contribution >= 0.6 is 0 Å². The van der Waals surface area contributed by atoms with Gasteiger partial charge in [-0.25, -0.2) is 4.39 Å². The van der Waals surface area contributed by atoms with Crippen LogP contribution in [-0.4, -0.2) is 10.5 Å². The Kier molecular flexibility index (Phi) is 3.22. The van der Waals surface area contributed by atoms with E-state index in [1.807, 2.05) is 35.9 Å². The van der Waals surface area contributed by atoms with Gasteiger partial charge in [0.15, 0.2) is 0 Å². The van der Waals surface area contributed by atoms with E-state index >= 15 is 0 Å². The molecule has 2 aromatic carbocycles. The second kappa shape index (κ2) is 5.05. The molecule has 0 saturated carbocycles. The summed E-state index contributed by atoms with van der Waals surface area (Å²) < 4.78 is 15.9. The molecule has 1 amide bonds. The molecule has 106 valence electrons. The number of hydrogen-bond donors (Lipinski definition) is 1. The van der Waals surface area contributed by atoms with Crippen molar-refractivity contribution < 1.29 is 9.18 Å². The summed E-state index contributed by atoms with van der Waals surface area (Å²) in [4.78, 5) is 11.2. The van der Waals surface area contributed by atoms with Crippen molar-refractivity contribution in [2.75, 3.05) is 0 Å². The number of fused-ring (bicyclic) bond motifs is 1. The fourth-order valence-corrected chi connectivity index (χ4v) is 2.49. The molecule has 0 saturated heterocycles. The Bertz CT molecular complexity index is 836. The molecule has 1 heterocycles. The first kappa shape index (κ1) is 13.4. The molecule has 3 nitrogen and oxygen atoms in total. The second-order valence-electron chi connectivity index (χ2n) is 5.18. The van der Waals surface area contributed by atoms with Gasteiger partial charge in [-0.2, -0.15) is 0 Å². The summed E-state index contributed by atoms with van der Waals surface area (Å²) in [5.74, 6) is -0.891. The fraction of sp³-hybridized carbons (Fsp3) is 0.118. The number of benzene rings is 2. The van der Waals surface area contributed by atoms with Gasteiger partial charge in [0, 0.05) is 22.8 Å². The van der Waals surface area contributed by atoms with Crippen molar-refractivity contribution in [1.82, 2.24) is 4.57 Å². The molecule has 3 aromatic rings. The third-order valence-corrected chi connectivity index (χ3v) is 3.60. The first-order chi connectivity index (χ1) is 10.0. The highest BCUT2D eigenvalue weighted by Crippen LogP contribution is 2.20. The van der Waals surface area contributed by atoms with Crippen LogP contribution in [0.1, 0.15) is 21.5 Å². The highest BCUT2D eigenvalue weighted by molar-refractivity contribution is 5.92. The maximum atomic E-state index is 13.9. The molecule has 2 N–H and O–H groups in total. The molecule has 0 fully saturated rings. The van der Waals surface area contributed by atoms with E-state index in [0.717, 1.165) is 10.9 Å². The summed E-state index contributed by atoms with van der Waals surface area (Å²) in [6.07, 6.45) is 1.92. The third-order valence-electron chi connectivity index (χ3n) is 3.60. The van der Waals surface area contributed by atoms with Gasteiger partial charge >= 0.3 is 0 Å². The van der Waals surface area contributed by atoms with Gasteiger partial charge < -0.3 is 10.3 Å². The predicted molar refractivity (Wildman–Crippen MR) is 80.7 cm³/mol. The summed E-state index contributed by atoms with van der Waals surface area (Å²) in [5.41, 5.74) is 8.23. The smallest absolute Gasteiger partial charge is 0.248 e. The fourth-order valence-electron chi connectivity index (χ4n) is 2.49. The van der Waals surface area contributed by atoms with E-state index in [1.165, 1.54) is 23.8 Å². The summed E-state index contributed by atoms with van der Waals surface area (Å²) in [6, 6.07) is 12.3. The second-order valence-corrected chi connectivity index (χ2v) is 5.18. The van der Waals surface area contributed by atoms with Crippen molar-refractivity contribution in [2.45, 2.75) is 13.5 Å². The number of hydrogen-bond acceptors (Lipinski definition) is 1. The van der Waals surface area contributed by atoms with E-state index in [4.69, 9.17) is 5.73 Å². The van der Waals surface area contributed by atoms with E-state index in [2.05, 4.69) is 6.07 Å². The molecule has 0 radical (unpaired) electrons. The largest absolute Gasteiger partial charge is 0.366 e. The Hall–Kier alpha value is -2.62. The van der Waals surface area contributed by atoms with Gasteiger partial charge in [0.25, 0.3) is 0 Å². The van der Waals surface area contributed by atoms with Gasteiger partial charge in [0.05, 0.1) is 6.54 Å². The number of aryl methyl sites for hydroxylation is 1. The molecule has 3 rings (SSSR count). The number of rotatable bonds is 3. The molecule has 0 bridgehead atoms. The number of carbonyl (C=O) groups excluding carboxylic acids is 1. The molecule has 1 aromatic heterocycles. The molecule has 0 aliphatic rings. The van der Waals surface area contributed by atoms with Gasteiger partial charge in [0.1, 0.15) is 5.82 Å². The van der Waals surface area contributed by atoms with Gasteiger partial charge in [-0.1, -0.05) is 11.6 Å². The Morgan fingerprint density at radius 1 is 1.19 bits per heavy atom. The number of halogens is 1. The van der Waals surface area contributed by atoms with Crippen molar-refractivity contribution >= 4 is 16.8 Å². The third kappa shape index (κ3) is 2.52. The van der Waals surface area contributed by atoms with Crippen molar-refractivity contribution in [1.29, 1.82) is 0 Å². The van der Waals surface area contributed by atoms with Crippen LogP contribution in [0.2, 0.25) is 0 Å². The zero-order valence-corrected chi connectivity index (χ0v) is 11.6. The minimum absolute atomic E-state index is 0.318. The van der Waals surface area contributed by atoms with Crippen LogP contribution < -0.4 is 5.73 Å². The number of aromatic nitrogens is 1. The van der Waals surface area contributed by atoms with Gasteiger partial charge in [-0.05, 0) is 48.7 Å². The van der Waals surface area contributed by atoms with Crippen molar-refractivity contribution in [2.24, 2.45) is 5.73 Å². The molecular formula is C17H15FN2O. The summed E-state index contributed by atoms with van der Waals surface area (Å²) in [7, 11) is 0. The summed E-state index contributed by atoms with van der Waals surface area (Å²) >= 11 is 0. The van der Waals surface area contributed by atoms with E-state index < -0.39 is 5.91 Å². The van der Waals surface area contributed by atoms with Gasteiger partial charge in [0.2, 0.25) is 5.91 Å². The Labute approximate surface area is 121 Å². The molecule has 21 heavy (non-hydrogen) atoms. The van der Waals surface area contributed by atoms with Crippen molar-refractivity contribution in [3.63, 3.8) is 0 Å². The molecule has 0 spiro atoms. The number of carbonyl (C=O) groups is 1. The maximum Gasteiger partial charge on any atom is 0.248 e. The monoisotopic (exact) mass is 282 g/mol. The highest BCUT2D eigenvalue weighted by atomic mass is 19.1. The first-order valence-electron chi connectivity index (χ1n) is 6.68. The molecule has 0 unspecified atom stereocenters. The van der Waals surface area contributed by atoms with Crippen LogP contribution in [0.4, 0.5) is 4.39 Å². The topological polar surface area (TPSA) is 48.0 Å². The first-order valence-corrected chi connectivity index (χ1v) is 6.68. The molecular weight excluding hydrogens is 267 g/mol. The number of nitrogens with zero attached hydrogens (tertiary/aromatic N) is 1. The van der Waals surface area contributed by atoms with Crippen LogP contribution in [0.3, 0.4) is 0 Å². The van der Waals surface area contributed by atoms with Crippen molar-refractivity contribution in [3.8, 4) is 0 Å². The molecule has 4 heteroatoms. The maximum absolute atomic E-state index is 13.9. The summed E-state index contributed by atoms with van der Waals surface area (Å²) in [6.45, 7) is 2.40. The number of primary amides is 1. The number of amides is 1. The standard InChI is InChI=1S/C17H15FN2O/c1-11-2-5-16-12(8-11)6-7-20(16)10-14-9-13(17(19)21)3-4-15(14)18/h2-9H,10H2,1H3,(H2,19,21). The van der Waals surface area contributed by atoms with Crippen LogP contribution in [0.5, 0.6) is 0 Å². The zero-order valence-electron chi connectivity index (χ0n) is 11.6. The molecule has 0 aliphatic heterocycles. The van der Waals surface area contributed by atoms with E-state index in [9.17, 15) is 9.18 Å². The van der Waals surface area contributed by atoms with E-state index in [-0.39, 0.29) is 5.82 Å². The number of nitrogens with two attached hydrogens (primary N) is 1. The van der Waals surface area contributed by atoms with Crippen LogP contribution in [0, 0.1) is 12.7 Å². The lowest BCUT2D eigenvalue weighted by atomic mass is 10.1. The highest BCUT2D eigenvalue weighted by Gasteiger charge is 2.09. The summed E-state index contributed by atoms with van der Waals surface area (Å²) in [5, 5.41) is 1.11. The van der Waals surface area contributed by atoms with E-state index in [1.54, 1.807) is 0 Å². The molecule has 0 atom stereocenters. The van der Waals surface area contributed by atoms with Crippen LogP contribution in [0.25, 0.3) is 10.9 Å². The average molecular weight is 282 g/mol. The van der Waals surface area contributed by atoms with Crippen LogP contribution in [0.15, 0.2) is 48.7 Å². The lowest BCUT2D eigenvalue weighted by molar-refractivity contribution is 0.1000. The lowest BCUT2D eigenvalue weighted by Gasteiger charge is -2.08. The van der Waals surface area contributed by atoms with Crippen LogP contribution in [-0.2, 0) is 6.54 Å². The zero-order chi connectivity index (χ0) is 15.0. The Morgan fingerprint density at radius 2 is 2.00 bits per heavy atom. The Morgan fingerprint density at radius 3 is 2.76 bits per heavy atom. The minimum atomic E-state index is -0.552. The lowest BCUT2D eigenvalue weighted by Crippen LogP contribution is -2.12. The van der Waals surface area contributed by atoms with E-state index in [0.29, 0.717) is 17.7 Å². The quantitative estimate of drug-likeness (QED) is 0.787. The van der Waals surface area contributed by atoms with Crippen molar-refractivity contribution in [3.05, 3.63) is 71.2 Å². The average Bonchev–Trinajstić information content (AvgIpc) is 2.83. The SMILES string of the molecule is Cc1ccc2c(ccn2Cc2cc(C(N)=O)ccc2F)c1. The normalized spacial score (nSPS) is 11.0.